The summed E-state index contributed by atoms with van der Waals surface area (Å²) in [5, 5.41) is 2.95. The summed E-state index contributed by atoms with van der Waals surface area (Å²) in [5.41, 5.74) is 4.57. The average molecular weight is 400 g/mol. The molecule has 2 aromatic carbocycles. The number of carbonyl (C=O) groups excluding carboxylic acids is 1. The predicted molar refractivity (Wildman–Crippen MR) is 112 cm³/mol. The normalized spacial score (nSPS) is 12.3. The molecule has 30 heavy (non-hydrogen) atoms. The molecule has 1 amide bonds. The van der Waals surface area contributed by atoms with Crippen LogP contribution < -0.4 is 14.8 Å². The highest BCUT2D eigenvalue weighted by Gasteiger charge is 2.14. The number of hydrogen-bond acceptors (Lipinski definition) is 5. The molecule has 0 saturated heterocycles. The Hall–Kier alpha value is -3.87. The van der Waals surface area contributed by atoms with Crippen LogP contribution in [0.1, 0.15) is 17.0 Å². The van der Waals surface area contributed by atoms with Crippen LogP contribution in [0.5, 0.6) is 11.5 Å². The maximum absolute atomic E-state index is 12.4. The van der Waals surface area contributed by atoms with Crippen molar-refractivity contribution >= 4 is 17.1 Å². The van der Waals surface area contributed by atoms with E-state index >= 15 is 0 Å². The second-order valence-corrected chi connectivity index (χ2v) is 7.15. The zero-order valence-corrected chi connectivity index (χ0v) is 16.5. The number of nitrogens with one attached hydrogen (secondary N) is 1. The van der Waals surface area contributed by atoms with E-state index in [-0.39, 0.29) is 12.7 Å². The summed E-state index contributed by atoms with van der Waals surface area (Å²) in [7, 11) is 0. The maximum atomic E-state index is 12.4. The van der Waals surface area contributed by atoms with Crippen LogP contribution in [0.3, 0.4) is 0 Å². The van der Waals surface area contributed by atoms with Crippen LogP contribution in [0.15, 0.2) is 60.8 Å². The van der Waals surface area contributed by atoms with Crippen LogP contribution in [0.4, 0.5) is 0 Å². The number of fused-ring (bicyclic) bond motifs is 2. The van der Waals surface area contributed by atoms with Gasteiger partial charge in [0.15, 0.2) is 17.1 Å². The molecule has 5 rings (SSSR count). The first-order valence-corrected chi connectivity index (χ1v) is 9.72. The van der Waals surface area contributed by atoms with E-state index in [0.29, 0.717) is 18.7 Å². The van der Waals surface area contributed by atoms with Gasteiger partial charge in [-0.15, -0.1) is 0 Å². The molecule has 1 aliphatic rings. The first-order valence-electron chi connectivity index (χ1n) is 9.72. The van der Waals surface area contributed by atoms with E-state index in [1.807, 2.05) is 66.1 Å². The third-order valence-corrected chi connectivity index (χ3v) is 5.07. The zero-order valence-electron chi connectivity index (χ0n) is 16.5. The molecule has 0 bridgehead atoms. The summed E-state index contributed by atoms with van der Waals surface area (Å²) < 4.78 is 12.7. The van der Waals surface area contributed by atoms with Crippen molar-refractivity contribution in [1.82, 2.24) is 19.9 Å². The molecule has 7 heteroatoms. The molecule has 3 heterocycles. The average Bonchev–Trinajstić information content (AvgIpc) is 3.36. The van der Waals surface area contributed by atoms with Crippen molar-refractivity contribution in [1.29, 1.82) is 0 Å². The van der Waals surface area contributed by atoms with Gasteiger partial charge in [0, 0.05) is 18.4 Å². The highest BCUT2D eigenvalue weighted by molar-refractivity contribution is 5.79. The number of pyridine rings is 1. The monoisotopic (exact) mass is 400 g/mol. The smallest absolute Gasteiger partial charge is 0.231 e. The molecule has 0 aliphatic carbocycles. The molecule has 0 radical (unpaired) electrons. The Morgan fingerprint density at radius 1 is 1.07 bits per heavy atom. The summed E-state index contributed by atoms with van der Waals surface area (Å²) in [4.78, 5) is 21.4. The fourth-order valence-corrected chi connectivity index (χ4v) is 3.60. The van der Waals surface area contributed by atoms with Gasteiger partial charge >= 0.3 is 0 Å². The molecule has 2 aromatic heterocycles. The lowest BCUT2D eigenvalue weighted by molar-refractivity contribution is -0.120. The van der Waals surface area contributed by atoms with Crippen molar-refractivity contribution < 1.29 is 14.3 Å². The summed E-state index contributed by atoms with van der Waals surface area (Å²) in [6.45, 7) is 2.64. The number of hydrogen-bond donors (Lipinski definition) is 1. The van der Waals surface area contributed by atoms with Crippen LogP contribution in [-0.4, -0.2) is 27.2 Å². The molecule has 150 valence electrons. The van der Waals surface area contributed by atoms with Crippen molar-refractivity contribution in [3.63, 3.8) is 0 Å². The first-order chi connectivity index (χ1) is 14.7. The van der Waals surface area contributed by atoms with Crippen LogP contribution in [-0.2, 0) is 17.8 Å². The van der Waals surface area contributed by atoms with Gasteiger partial charge in [-0.3, -0.25) is 9.36 Å². The highest BCUT2D eigenvalue weighted by atomic mass is 16.7. The van der Waals surface area contributed by atoms with Crippen molar-refractivity contribution in [2.24, 2.45) is 0 Å². The van der Waals surface area contributed by atoms with Gasteiger partial charge < -0.3 is 14.8 Å². The third-order valence-electron chi connectivity index (χ3n) is 5.07. The number of nitrogens with zero attached hydrogens (tertiary/aromatic N) is 3. The molecule has 0 saturated carbocycles. The van der Waals surface area contributed by atoms with Crippen LogP contribution >= 0.6 is 0 Å². The van der Waals surface area contributed by atoms with E-state index in [1.54, 1.807) is 6.20 Å². The number of benzene rings is 2. The molecule has 4 aromatic rings. The second kappa shape index (κ2) is 7.51. The molecule has 1 aliphatic heterocycles. The fourth-order valence-electron chi connectivity index (χ4n) is 3.60. The van der Waals surface area contributed by atoms with Crippen molar-refractivity contribution in [2.75, 3.05) is 6.79 Å². The van der Waals surface area contributed by atoms with E-state index in [0.717, 1.165) is 39.6 Å². The standard InChI is InChI=1S/C23H20N4O3/c1-15-26-19-3-2-10-24-23(19)27(15)18-7-4-16(5-8-18)12-22(28)25-13-17-6-9-20-21(11-17)30-14-29-20/h2-11H,12-14H2,1H3,(H,25,28). The minimum absolute atomic E-state index is 0.0358. The molecule has 0 unspecified atom stereocenters. The van der Waals surface area contributed by atoms with Crippen molar-refractivity contribution in [2.45, 2.75) is 19.9 Å². The first kappa shape index (κ1) is 18.2. The van der Waals surface area contributed by atoms with Crippen LogP contribution in [0.25, 0.3) is 16.9 Å². The fraction of sp³-hybridized carbons (Fsp3) is 0.174. The van der Waals surface area contributed by atoms with Gasteiger partial charge in [-0.25, -0.2) is 9.97 Å². The van der Waals surface area contributed by atoms with Gasteiger partial charge in [0.1, 0.15) is 11.3 Å². The van der Waals surface area contributed by atoms with Gasteiger partial charge in [-0.2, -0.15) is 0 Å². The minimum Gasteiger partial charge on any atom is -0.454 e. The van der Waals surface area contributed by atoms with Gasteiger partial charge in [-0.1, -0.05) is 18.2 Å². The quantitative estimate of drug-likeness (QED) is 0.556. The van der Waals surface area contributed by atoms with E-state index in [2.05, 4.69) is 15.3 Å². The van der Waals surface area contributed by atoms with Crippen LogP contribution in [0, 0.1) is 6.92 Å². The number of amides is 1. The Bertz CT molecular complexity index is 1230. The molecule has 0 atom stereocenters. The van der Waals surface area contributed by atoms with E-state index in [4.69, 9.17) is 9.47 Å². The lowest BCUT2D eigenvalue weighted by Crippen LogP contribution is -2.24. The second-order valence-electron chi connectivity index (χ2n) is 7.15. The molecule has 0 fully saturated rings. The Balaban J connectivity index is 1.24. The summed E-state index contributed by atoms with van der Waals surface area (Å²) in [6.07, 6.45) is 2.07. The number of ether oxygens (including phenoxy) is 2. The number of aryl methyl sites for hydroxylation is 1. The topological polar surface area (TPSA) is 78.3 Å². The van der Waals surface area contributed by atoms with E-state index in [9.17, 15) is 4.79 Å². The highest BCUT2D eigenvalue weighted by Crippen LogP contribution is 2.32. The van der Waals surface area contributed by atoms with E-state index in [1.165, 1.54) is 0 Å². The Labute approximate surface area is 173 Å². The van der Waals surface area contributed by atoms with Gasteiger partial charge in [0.05, 0.1) is 6.42 Å². The van der Waals surface area contributed by atoms with Crippen LogP contribution in [0.2, 0.25) is 0 Å². The summed E-state index contributed by atoms with van der Waals surface area (Å²) in [5.74, 6) is 2.29. The maximum Gasteiger partial charge on any atom is 0.231 e. The van der Waals surface area contributed by atoms with Gasteiger partial charge in [0.25, 0.3) is 0 Å². The molecule has 0 spiro atoms. The zero-order chi connectivity index (χ0) is 20.5. The SMILES string of the molecule is Cc1nc2cccnc2n1-c1ccc(CC(=O)NCc2ccc3c(c2)OCO3)cc1. The van der Waals surface area contributed by atoms with Gasteiger partial charge in [-0.05, 0) is 54.4 Å². The Morgan fingerprint density at radius 3 is 2.73 bits per heavy atom. The summed E-state index contributed by atoms with van der Waals surface area (Å²) in [6, 6.07) is 17.4. The Kier molecular flexibility index (Phi) is 4.55. The molecular formula is C23H20N4O3. The summed E-state index contributed by atoms with van der Waals surface area (Å²) >= 11 is 0. The predicted octanol–water partition coefficient (Wildman–Crippen LogP) is 3.32. The number of carbonyl (C=O) groups is 1. The number of aromatic nitrogens is 3. The lowest BCUT2D eigenvalue weighted by Gasteiger charge is -2.09. The number of rotatable bonds is 5. The lowest BCUT2D eigenvalue weighted by atomic mass is 10.1. The van der Waals surface area contributed by atoms with E-state index < -0.39 is 0 Å². The molecular weight excluding hydrogens is 380 g/mol. The molecule has 1 N–H and O–H groups in total. The Morgan fingerprint density at radius 2 is 1.87 bits per heavy atom. The minimum atomic E-state index is -0.0358. The number of imidazole rings is 1. The van der Waals surface area contributed by atoms with Crippen molar-refractivity contribution in [3.8, 4) is 17.2 Å². The molecule has 7 nitrogen and oxygen atoms in total. The van der Waals surface area contributed by atoms with Crippen molar-refractivity contribution in [3.05, 3.63) is 77.7 Å². The largest absolute Gasteiger partial charge is 0.454 e. The van der Waals surface area contributed by atoms with Gasteiger partial charge in [0.2, 0.25) is 12.7 Å². The third kappa shape index (κ3) is 3.45.